The lowest BCUT2D eigenvalue weighted by Gasteiger charge is -2.09. The molecule has 3 aromatic carbocycles. The van der Waals surface area contributed by atoms with Crippen molar-refractivity contribution >= 4 is 54.7 Å². The minimum Gasteiger partial charge on any atom is -0.379 e. The molecule has 3 aromatic rings. The molecule has 0 atom stereocenters. The molecule has 0 aliphatic carbocycles. The van der Waals surface area contributed by atoms with Crippen LogP contribution >= 0.6 is 0 Å². The lowest BCUT2D eigenvalue weighted by Crippen LogP contribution is -2.04. The summed E-state index contributed by atoms with van der Waals surface area (Å²) in [6.07, 6.45) is 0. The summed E-state index contributed by atoms with van der Waals surface area (Å²) in [6.45, 7) is 3.25. The van der Waals surface area contributed by atoms with E-state index in [-0.39, 0.29) is 23.1 Å². The second-order valence-corrected chi connectivity index (χ2v) is 5.87. The fourth-order valence-corrected chi connectivity index (χ4v) is 2.71. The van der Waals surface area contributed by atoms with E-state index in [1.807, 2.05) is 42.5 Å². The maximum atomic E-state index is 11.5. The number of benzene rings is 3. The summed E-state index contributed by atoms with van der Waals surface area (Å²) in [5, 5.41) is 4.68. The van der Waals surface area contributed by atoms with Crippen LogP contribution in [0, 0.1) is 0 Å². The summed E-state index contributed by atoms with van der Waals surface area (Å²) < 4.78 is 28.1. The first-order chi connectivity index (χ1) is 9.61. The molecule has 104 valence electrons. The van der Waals surface area contributed by atoms with Crippen LogP contribution < -0.4 is 4.18 Å². The van der Waals surface area contributed by atoms with Gasteiger partial charge in [-0.2, -0.15) is 8.42 Å². The molecular formula is C16H14MgO3S. The highest BCUT2D eigenvalue weighted by molar-refractivity contribution is 7.90. The van der Waals surface area contributed by atoms with Gasteiger partial charge in [0.15, 0.2) is 5.75 Å². The average molecular weight is 311 g/mol. The first kappa shape index (κ1) is 15.8. The topological polar surface area (TPSA) is 43.4 Å². The normalized spacial score (nSPS) is 11.0. The van der Waals surface area contributed by atoms with Crippen molar-refractivity contribution in [2.24, 2.45) is 0 Å². The standard InChI is InChI=1S/C16H12O3S.Mg.2H/c1-2-20(17,18)19-16-9-5-8-14-13-7-4-3-6-12(13)10-11-15(14)16;;;/h2-11H,1H2;;;. The van der Waals surface area contributed by atoms with Crippen LogP contribution in [0.3, 0.4) is 0 Å². The number of rotatable bonds is 3. The minimum absolute atomic E-state index is 0. The Bertz CT molecular complexity index is 917. The molecule has 0 aromatic heterocycles. The first-order valence-corrected chi connectivity index (χ1v) is 7.55. The molecule has 0 saturated carbocycles. The van der Waals surface area contributed by atoms with Gasteiger partial charge in [-0.1, -0.05) is 49.0 Å². The van der Waals surface area contributed by atoms with Crippen LogP contribution in [0.5, 0.6) is 5.75 Å². The Morgan fingerprint density at radius 2 is 1.57 bits per heavy atom. The minimum atomic E-state index is -3.75. The molecule has 0 radical (unpaired) electrons. The second kappa shape index (κ2) is 6.05. The molecule has 0 N–H and O–H groups in total. The molecule has 0 bridgehead atoms. The van der Waals surface area contributed by atoms with Crippen molar-refractivity contribution < 1.29 is 12.6 Å². The third kappa shape index (κ3) is 3.05. The van der Waals surface area contributed by atoms with Crippen molar-refractivity contribution in [1.29, 1.82) is 0 Å². The van der Waals surface area contributed by atoms with Crippen LogP contribution in [0.25, 0.3) is 21.5 Å². The zero-order valence-corrected chi connectivity index (χ0v) is 11.4. The third-order valence-electron chi connectivity index (χ3n) is 3.16. The summed E-state index contributed by atoms with van der Waals surface area (Å²) in [5.74, 6) is 0.313. The summed E-state index contributed by atoms with van der Waals surface area (Å²) >= 11 is 0. The van der Waals surface area contributed by atoms with Crippen LogP contribution in [0.15, 0.2) is 66.6 Å². The van der Waals surface area contributed by atoms with E-state index >= 15 is 0 Å². The molecule has 3 nitrogen and oxygen atoms in total. The van der Waals surface area contributed by atoms with Gasteiger partial charge in [-0.05, 0) is 28.3 Å². The Kier molecular flexibility index (Phi) is 4.56. The molecule has 5 heteroatoms. The average Bonchev–Trinajstić information content (AvgIpc) is 2.47. The number of hydrogen-bond acceptors (Lipinski definition) is 3. The van der Waals surface area contributed by atoms with Crippen LogP contribution in [-0.2, 0) is 10.1 Å². The van der Waals surface area contributed by atoms with E-state index in [4.69, 9.17) is 4.18 Å². The van der Waals surface area contributed by atoms with Crippen LogP contribution in [-0.4, -0.2) is 31.5 Å². The van der Waals surface area contributed by atoms with Crippen molar-refractivity contribution in [2.75, 3.05) is 0 Å². The lowest BCUT2D eigenvalue weighted by atomic mass is 10.0. The van der Waals surface area contributed by atoms with Crippen LogP contribution in [0.4, 0.5) is 0 Å². The quantitative estimate of drug-likeness (QED) is 0.424. The van der Waals surface area contributed by atoms with Gasteiger partial charge in [-0.15, -0.1) is 0 Å². The van der Waals surface area contributed by atoms with Gasteiger partial charge < -0.3 is 4.18 Å². The highest BCUT2D eigenvalue weighted by atomic mass is 32.2. The van der Waals surface area contributed by atoms with E-state index < -0.39 is 10.1 Å². The SMILES string of the molecule is C=CS(=O)(=O)Oc1cccc2c1ccc1ccccc12.[MgH2]. The molecule has 0 unspecified atom stereocenters. The van der Waals surface area contributed by atoms with Gasteiger partial charge in [0.25, 0.3) is 0 Å². The van der Waals surface area contributed by atoms with E-state index in [1.54, 1.807) is 12.1 Å². The van der Waals surface area contributed by atoms with Gasteiger partial charge in [-0.3, -0.25) is 0 Å². The monoisotopic (exact) mass is 310 g/mol. The number of hydrogen-bond donors (Lipinski definition) is 0. The molecule has 0 spiro atoms. The van der Waals surface area contributed by atoms with Crippen LogP contribution in [0.1, 0.15) is 0 Å². The lowest BCUT2D eigenvalue weighted by molar-refractivity contribution is 0.499. The Balaban J connectivity index is 0.00000161. The Hall–Kier alpha value is -1.56. The largest absolute Gasteiger partial charge is 0.379 e. The maximum absolute atomic E-state index is 11.5. The fourth-order valence-electron chi connectivity index (χ4n) is 2.24. The summed E-state index contributed by atoms with van der Waals surface area (Å²) in [6, 6.07) is 17.1. The fraction of sp³-hybridized carbons (Fsp3) is 0. The number of fused-ring (bicyclic) bond motifs is 3. The Labute approximate surface area is 139 Å². The van der Waals surface area contributed by atoms with E-state index in [1.165, 1.54) is 0 Å². The van der Waals surface area contributed by atoms with Gasteiger partial charge in [0.05, 0.1) is 5.41 Å². The van der Waals surface area contributed by atoms with E-state index in [2.05, 4.69) is 6.58 Å². The van der Waals surface area contributed by atoms with E-state index in [9.17, 15) is 8.42 Å². The molecule has 0 aliphatic rings. The first-order valence-electron chi connectivity index (χ1n) is 6.08. The molecule has 0 fully saturated rings. The molecule has 3 rings (SSSR count). The van der Waals surface area contributed by atoms with Gasteiger partial charge >= 0.3 is 33.2 Å². The summed E-state index contributed by atoms with van der Waals surface area (Å²) in [5.41, 5.74) is 0. The van der Waals surface area contributed by atoms with Crippen molar-refractivity contribution in [3.8, 4) is 5.75 Å². The predicted molar refractivity (Wildman–Crippen MR) is 89.7 cm³/mol. The molecule has 0 saturated heterocycles. The zero-order valence-electron chi connectivity index (χ0n) is 10.6. The van der Waals surface area contributed by atoms with E-state index in [0.29, 0.717) is 5.75 Å². The van der Waals surface area contributed by atoms with Gasteiger partial charge in [-0.25, -0.2) is 0 Å². The summed E-state index contributed by atoms with van der Waals surface area (Å²) in [4.78, 5) is 0. The van der Waals surface area contributed by atoms with Crippen molar-refractivity contribution in [3.63, 3.8) is 0 Å². The highest BCUT2D eigenvalue weighted by Gasteiger charge is 2.11. The molecule has 0 aliphatic heterocycles. The highest BCUT2D eigenvalue weighted by Crippen LogP contribution is 2.32. The molecule has 0 amide bonds. The van der Waals surface area contributed by atoms with Crippen molar-refractivity contribution in [1.82, 2.24) is 0 Å². The maximum Gasteiger partial charge on any atom is 0.331 e. The summed E-state index contributed by atoms with van der Waals surface area (Å²) in [7, 11) is -3.75. The predicted octanol–water partition coefficient (Wildman–Crippen LogP) is 2.93. The van der Waals surface area contributed by atoms with Crippen molar-refractivity contribution in [3.05, 3.63) is 66.6 Å². The van der Waals surface area contributed by atoms with Crippen molar-refractivity contribution in [2.45, 2.75) is 0 Å². The van der Waals surface area contributed by atoms with Gasteiger partial charge in [0.2, 0.25) is 0 Å². The van der Waals surface area contributed by atoms with E-state index in [0.717, 1.165) is 27.0 Å². The zero-order chi connectivity index (χ0) is 14.2. The molecule has 0 heterocycles. The Morgan fingerprint density at radius 1 is 0.857 bits per heavy atom. The smallest absolute Gasteiger partial charge is 0.331 e. The van der Waals surface area contributed by atoms with Crippen LogP contribution in [0.2, 0.25) is 0 Å². The van der Waals surface area contributed by atoms with Gasteiger partial charge in [0, 0.05) is 5.39 Å². The van der Waals surface area contributed by atoms with Gasteiger partial charge in [0.1, 0.15) is 0 Å². The molecule has 21 heavy (non-hydrogen) atoms. The molecular weight excluding hydrogens is 297 g/mol. The second-order valence-electron chi connectivity index (χ2n) is 4.38. The Morgan fingerprint density at radius 3 is 2.33 bits per heavy atom. The third-order valence-corrected chi connectivity index (χ3v) is 3.98.